The summed E-state index contributed by atoms with van der Waals surface area (Å²) >= 11 is 0. The van der Waals surface area contributed by atoms with Crippen molar-refractivity contribution in [2.75, 3.05) is 11.9 Å². The molecule has 0 spiro atoms. The Balaban J connectivity index is 2.10. The van der Waals surface area contributed by atoms with Gasteiger partial charge < -0.3 is 5.32 Å². The third-order valence-electron chi connectivity index (χ3n) is 5.11. The van der Waals surface area contributed by atoms with Gasteiger partial charge in [0.25, 0.3) is 0 Å². The van der Waals surface area contributed by atoms with E-state index in [-0.39, 0.29) is 18.9 Å². The fraction of sp³-hybridized carbons (Fsp3) is 0.400. The maximum Gasteiger partial charge on any atom is 0.241 e. The highest BCUT2D eigenvalue weighted by Crippen LogP contribution is 2.29. The van der Waals surface area contributed by atoms with E-state index in [1.54, 1.807) is 12.3 Å². The van der Waals surface area contributed by atoms with Gasteiger partial charge in [-0.25, -0.2) is 18.1 Å². The fourth-order valence-electron chi connectivity index (χ4n) is 3.05. The van der Waals surface area contributed by atoms with E-state index < -0.39 is 10.0 Å². The topological polar surface area (TPSA) is 88.2 Å². The molecule has 146 valence electrons. The van der Waals surface area contributed by atoms with E-state index in [0.717, 1.165) is 33.4 Å². The van der Waals surface area contributed by atoms with Crippen LogP contribution in [-0.2, 0) is 14.8 Å². The highest BCUT2D eigenvalue weighted by molar-refractivity contribution is 7.89. The van der Waals surface area contributed by atoms with Crippen molar-refractivity contribution in [1.29, 1.82) is 0 Å². The first-order chi connectivity index (χ1) is 12.6. The molecule has 0 aliphatic heterocycles. The van der Waals surface area contributed by atoms with Crippen molar-refractivity contribution in [3.05, 3.63) is 51.7 Å². The Bertz CT molecular complexity index is 953. The number of amides is 1. The highest BCUT2D eigenvalue weighted by atomic mass is 32.2. The van der Waals surface area contributed by atoms with Crippen molar-refractivity contribution >= 4 is 21.7 Å². The lowest BCUT2D eigenvalue weighted by atomic mass is 9.95. The number of nitrogens with zero attached hydrogens (tertiary/aromatic N) is 1. The summed E-state index contributed by atoms with van der Waals surface area (Å²) in [4.78, 5) is 16.5. The Morgan fingerprint density at radius 1 is 0.963 bits per heavy atom. The first kappa shape index (κ1) is 21.1. The number of aromatic nitrogens is 1. The maximum absolute atomic E-state index is 12.8. The third kappa shape index (κ3) is 4.54. The smallest absolute Gasteiger partial charge is 0.241 e. The number of pyridine rings is 1. The fourth-order valence-corrected chi connectivity index (χ4v) is 4.68. The largest absolute Gasteiger partial charge is 0.310 e. The lowest BCUT2D eigenvalue weighted by molar-refractivity contribution is -0.116. The molecule has 0 atom stereocenters. The third-order valence-corrected chi connectivity index (χ3v) is 6.85. The van der Waals surface area contributed by atoms with Crippen molar-refractivity contribution in [3.63, 3.8) is 0 Å². The number of benzene rings is 1. The number of nitrogens with one attached hydrogen (secondary N) is 2. The molecule has 0 aliphatic rings. The van der Waals surface area contributed by atoms with Crippen LogP contribution in [0.1, 0.15) is 39.8 Å². The highest BCUT2D eigenvalue weighted by Gasteiger charge is 2.23. The second kappa shape index (κ2) is 8.19. The van der Waals surface area contributed by atoms with Crippen LogP contribution in [-0.4, -0.2) is 25.9 Å². The Kier molecular flexibility index (Phi) is 6.38. The van der Waals surface area contributed by atoms with Gasteiger partial charge in [0.05, 0.1) is 4.90 Å². The van der Waals surface area contributed by atoms with E-state index in [1.807, 2.05) is 47.6 Å². The molecule has 6 nitrogen and oxygen atoms in total. The van der Waals surface area contributed by atoms with Crippen LogP contribution >= 0.6 is 0 Å². The van der Waals surface area contributed by atoms with Gasteiger partial charge in [0.1, 0.15) is 5.82 Å². The Morgan fingerprint density at radius 2 is 1.52 bits per heavy atom. The van der Waals surface area contributed by atoms with Crippen LogP contribution in [0.15, 0.2) is 23.2 Å². The molecule has 0 saturated heterocycles. The summed E-state index contributed by atoms with van der Waals surface area (Å²) in [5, 5.41) is 2.70. The average molecular weight is 390 g/mol. The molecule has 7 heteroatoms. The summed E-state index contributed by atoms with van der Waals surface area (Å²) in [6, 6.07) is 3.63. The summed E-state index contributed by atoms with van der Waals surface area (Å²) in [6.07, 6.45) is 1.62. The minimum absolute atomic E-state index is 0.0187. The summed E-state index contributed by atoms with van der Waals surface area (Å²) in [5.74, 6) is 0.200. The Labute approximate surface area is 161 Å². The van der Waals surface area contributed by atoms with Crippen LogP contribution in [0.5, 0.6) is 0 Å². The minimum Gasteiger partial charge on any atom is -0.310 e. The van der Waals surface area contributed by atoms with Crippen LogP contribution in [0.25, 0.3) is 0 Å². The van der Waals surface area contributed by atoms with Gasteiger partial charge in [-0.2, -0.15) is 0 Å². The standard InChI is InChI=1S/C20H27N3O3S/c1-12-8-7-10-21-20(12)23-18(24)9-11-22-27(25,26)19-16(5)14(3)13(2)15(4)17(19)6/h7-8,10,22H,9,11H2,1-6H3,(H,21,23,24). The molecule has 27 heavy (non-hydrogen) atoms. The molecule has 2 aromatic rings. The first-order valence-electron chi connectivity index (χ1n) is 8.84. The molecule has 0 saturated carbocycles. The van der Waals surface area contributed by atoms with Crippen molar-refractivity contribution in [3.8, 4) is 0 Å². The molecular formula is C20H27N3O3S. The number of hydrogen-bond donors (Lipinski definition) is 2. The number of rotatable bonds is 6. The van der Waals surface area contributed by atoms with E-state index in [0.29, 0.717) is 10.7 Å². The average Bonchev–Trinajstić information content (AvgIpc) is 2.60. The van der Waals surface area contributed by atoms with Gasteiger partial charge >= 0.3 is 0 Å². The molecule has 0 radical (unpaired) electrons. The summed E-state index contributed by atoms with van der Waals surface area (Å²) in [6.45, 7) is 11.4. The number of hydrogen-bond acceptors (Lipinski definition) is 4. The van der Waals surface area contributed by atoms with Crippen molar-refractivity contribution in [2.24, 2.45) is 0 Å². The van der Waals surface area contributed by atoms with Gasteiger partial charge in [0, 0.05) is 19.2 Å². The molecule has 0 unspecified atom stereocenters. The number of sulfonamides is 1. The molecule has 0 fully saturated rings. The lowest BCUT2D eigenvalue weighted by Gasteiger charge is -2.19. The first-order valence-corrected chi connectivity index (χ1v) is 10.3. The van der Waals surface area contributed by atoms with Gasteiger partial charge in [0.2, 0.25) is 15.9 Å². The van der Waals surface area contributed by atoms with Gasteiger partial charge in [-0.3, -0.25) is 4.79 Å². The van der Waals surface area contributed by atoms with Crippen LogP contribution in [0.4, 0.5) is 5.82 Å². The van der Waals surface area contributed by atoms with Gasteiger partial charge in [-0.15, -0.1) is 0 Å². The summed E-state index contributed by atoms with van der Waals surface area (Å²) < 4.78 is 28.2. The van der Waals surface area contributed by atoms with Crippen molar-refractivity contribution in [2.45, 2.75) is 52.9 Å². The van der Waals surface area contributed by atoms with Gasteiger partial charge in [-0.1, -0.05) is 6.07 Å². The lowest BCUT2D eigenvalue weighted by Crippen LogP contribution is -2.29. The summed E-state index contributed by atoms with van der Waals surface area (Å²) in [5.41, 5.74) is 5.40. The monoisotopic (exact) mass is 389 g/mol. The number of carbonyl (C=O) groups excluding carboxylic acids is 1. The van der Waals surface area contributed by atoms with Crippen LogP contribution in [0.3, 0.4) is 0 Å². The Morgan fingerprint density at radius 3 is 2.07 bits per heavy atom. The van der Waals surface area contributed by atoms with E-state index in [1.165, 1.54) is 0 Å². The van der Waals surface area contributed by atoms with Crippen molar-refractivity contribution in [1.82, 2.24) is 9.71 Å². The van der Waals surface area contributed by atoms with Crippen LogP contribution < -0.4 is 10.0 Å². The van der Waals surface area contributed by atoms with E-state index in [4.69, 9.17) is 0 Å². The van der Waals surface area contributed by atoms with Gasteiger partial charge in [-0.05, 0) is 81.0 Å². The maximum atomic E-state index is 12.8. The number of anilines is 1. The quantitative estimate of drug-likeness (QED) is 0.794. The normalized spacial score (nSPS) is 11.5. The van der Waals surface area contributed by atoms with Gasteiger partial charge in [0.15, 0.2) is 0 Å². The second-order valence-electron chi connectivity index (χ2n) is 6.82. The number of aryl methyl sites for hydroxylation is 1. The molecule has 2 rings (SSSR count). The molecular weight excluding hydrogens is 362 g/mol. The zero-order chi connectivity index (χ0) is 20.4. The van der Waals surface area contributed by atoms with Crippen LogP contribution in [0.2, 0.25) is 0 Å². The van der Waals surface area contributed by atoms with E-state index >= 15 is 0 Å². The number of carbonyl (C=O) groups is 1. The second-order valence-corrected chi connectivity index (χ2v) is 8.52. The molecule has 0 bridgehead atoms. The zero-order valence-electron chi connectivity index (χ0n) is 16.7. The summed E-state index contributed by atoms with van der Waals surface area (Å²) in [7, 11) is -3.71. The molecule has 0 aliphatic carbocycles. The molecule has 1 aromatic heterocycles. The molecule has 1 aromatic carbocycles. The van der Waals surface area contributed by atoms with Crippen molar-refractivity contribution < 1.29 is 13.2 Å². The van der Waals surface area contributed by atoms with E-state index in [9.17, 15) is 13.2 Å². The molecule has 2 N–H and O–H groups in total. The molecule has 1 amide bonds. The zero-order valence-corrected chi connectivity index (χ0v) is 17.5. The van der Waals surface area contributed by atoms with Crippen LogP contribution in [0, 0.1) is 41.5 Å². The SMILES string of the molecule is Cc1cccnc1NC(=O)CCNS(=O)(=O)c1c(C)c(C)c(C)c(C)c1C. The predicted octanol–water partition coefficient (Wildman–Crippen LogP) is 3.24. The predicted molar refractivity (Wildman–Crippen MR) is 108 cm³/mol. The molecule has 1 heterocycles. The van der Waals surface area contributed by atoms with E-state index in [2.05, 4.69) is 15.0 Å². The minimum atomic E-state index is -3.71. The Hall–Kier alpha value is -2.25.